The summed E-state index contributed by atoms with van der Waals surface area (Å²) in [6, 6.07) is 13.1. The van der Waals surface area contributed by atoms with Crippen LogP contribution < -0.4 is 15.4 Å². The number of fused-ring (bicyclic) bond motifs is 1. The fraction of sp³-hybridized carbons (Fsp3) is 0.400. The lowest BCUT2D eigenvalue weighted by atomic mass is 10.0. The number of β-lactam (4-membered cyclic amide) rings is 1. The van der Waals surface area contributed by atoms with Gasteiger partial charge in [-0.15, -0.1) is 0 Å². The van der Waals surface area contributed by atoms with Crippen molar-refractivity contribution in [1.82, 2.24) is 10.2 Å². The van der Waals surface area contributed by atoms with Crippen LogP contribution in [0.1, 0.15) is 38.8 Å². The molecule has 2 aliphatic rings. The maximum atomic E-state index is 13.3. The summed E-state index contributed by atoms with van der Waals surface area (Å²) in [5.41, 5.74) is 1.21. The normalized spacial score (nSPS) is 19.8. The zero-order valence-corrected chi connectivity index (χ0v) is 25.2. The van der Waals surface area contributed by atoms with Crippen molar-refractivity contribution in [2.24, 2.45) is 0 Å². The Hall–Kier alpha value is -4.03. The Balaban J connectivity index is 1.42. The highest BCUT2D eigenvalue weighted by Gasteiger charge is 2.56. The van der Waals surface area contributed by atoms with Gasteiger partial charge in [0.05, 0.1) is 13.5 Å². The molecular weight excluding hydrogens is 562 g/mol. The van der Waals surface area contributed by atoms with Gasteiger partial charge in [-0.2, -0.15) is 0 Å². The first-order chi connectivity index (χ1) is 19.9. The van der Waals surface area contributed by atoms with Crippen molar-refractivity contribution in [2.75, 3.05) is 19.5 Å². The number of thioether (sulfide) groups is 1. The average molecular weight is 598 g/mol. The Labute approximate surface area is 248 Å². The minimum atomic E-state index is -0.872. The number of amides is 3. The molecule has 0 spiro atoms. The van der Waals surface area contributed by atoms with E-state index in [-0.39, 0.29) is 18.7 Å². The zero-order chi connectivity index (χ0) is 30.6. The van der Waals surface area contributed by atoms with Gasteiger partial charge in [-0.25, -0.2) is 9.59 Å². The van der Waals surface area contributed by atoms with Crippen molar-refractivity contribution in [2.45, 2.75) is 63.2 Å². The molecule has 0 radical (unpaired) electrons. The third kappa shape index (κ3) is 7.05. The number of carbonyl (C=O) groups excluding carboxylic acids is 4. The monoisotopic (exact) mass is 597 g/mol. The van der Waals surface area contributed by atoms with E-state index >= 15 is 0 Å². The van der Waals surface area contributed by atoms with Crippen molar-refractivity contribution in [3.8, 4) is 5.75 Å². The zero-order valence-electron chi connectivity index (χ0n) is 24.4. The third-order valence-electron chi connectivity index (χ3n) is 6.53. The predicted octanol–water partition coefficient (Wildman–Crippen LogP) is 3.97. The smallest absolute Gasteiger partial charge is 0.412 e. The number of benzene rings is 2. The van der Waals surface area contributed by atoms with Crippen LogP contribution in [0, 0.1) is 0 Å². The number of nitrogens with one attached hydrogen (secondary N) is 2. The second-order valence-electron chi connectivity index (χ2n) is 10.8. The van der Waals surface area contributed by atoms with Crippen molar-refractivity contribution < 1.29 is 38.1 Å². The fourth-order valence-electron chi connectivity index (χ4n) is 4.54. The van der Waals surface area contributed by atoms with E-state index in [0.29, 0.717) is 22.6 Å². The maximum absolute atomic E-state index is 13.3. The molecule has 0 unspecified atom stereocenters. The number of hydrogen-bond donors (Lipinski definition) is 2. The van der Waals surface area contributed by atoms with Crippen molar-refractivity contribution >= 4 is 41.3 Å². The summed E-state index contributed by atoms with van der Waals surface area (Å²) in [6.07, 6.45) is -0.732. The maximum Gasteiger partial charge on any atom is 0.412 e. The van der Waals surface area contributed by atoms with Crippen molar-refractivity contribution in [1.29, 1.82) is 0 Å². The molecule has 2 aromatic carbocycles. The molecule has 0 aliphatic carbocycles. The Kier molecular flexibility index (Phi) is 9.47. The van der Waals surface area contributed by atoms with Crippen LogP contribution in [0.3, 0.4) is 0 Å². The number of nitrogens with zero attached hydrogens (tertiary/aromatic N) is 1. The lowest BCUT2D eigenvalue weighted by molar-refractivity contribution is -0.153. The average Bonchev–Trinajstić information content (AvgIpc) is 2.94. The van der Waals surface area contributed by atoms with E-state index in [0.717, 1.165) is 5.56 Å². The molecule has 2 N–H and O–H groups in total. The van der Waals surface area contributed by atoms with Gasteiger partial charge in [0.2, 0.25) is 5.91 Å². The Morgan fingerprint density at radius 1 is 1.02 bits per heavy atom. The summed E-state index contributed by atoms with van der Waals surface area (Å²) in [5.74, 6) is -0.820. The molecule has 0 saturated carbocycles. The number of para-hydroxylation sites is 1. The van der Waals surface area contributed by atoms with E-state index in [2.05, 4.69) is 10.6 Å². The summed E-state index contributed by atoms with van der Waals surface area (Å²) in [6.45, 7) is 6.99. The van der Waals surface area contributed by atoms with Crippen LogP contribution in [-0.4, -0.2) is 65.4 Å². The standard InChI is InChI=1S/C30H35N3O8S/c1-17-24(27(36)40-16-18-11-13-20(38-5)14-12-18)33-25(35)23(26(33)42-28(17)39-6)32-22(34)15-19-9-7-8-10-21(19)31-29(37)41-30(2,3)4/h7-14,23,26,28H,15-16H2,1-6H3,(H,31,37)(H,32,34)/t23-,26-,28-/m0/s1. The molecule has 11 nitrogen and oxygen atoms in total. The minimum absolute atomic E-state index is 0.00794. The lowest BCUT2D eigenvalue weighted by Crippen LogP contribution is -2.71. The topological polar surface area (TPSA) is 133 Å². The molecule has 3 amide bonds. The summed E-state index contributed by atoms with van der Waals surface area (Å²) >= 11 is 1.32. The van der Waals surface area contributed by atoms with Gasteiger partial charge in [0.15, 0.2) is 0 Å². The number of methoxy groups -OCH3 is 2. The second kappa shape index (κ2) is 12.9. The van der Waals surface area contributed by atoms with Crippen molar-refractivity contribution in [3.63, 3.8) is 0 Å². The summed E-state index contributed by atoms with van der Waals surface area (Å²) in [5, 5.41) is 4.89. The van der Waals surface area contributed by atoms with Crippen LogP contribution in [0.15, 0.2) is 59.8 Å². The Morgan fingerprint density at radius 2 is 1.71 bits per heavy atom. The molecule has 2 heterocycles. The molecule has 2 aliphatic heterocycles. The number of carbonyl (C=O) groups is 4. The summed E-state index contributed by atoms with van der Waals surface area (Å²) < 4.78 is 21.6. The number of rotatable bonds is 9. The molecule has 42 heavy (non-hydrogen) atoms. The second-order valence-corrected chi connectivity index (χ2v) is 11.9. The highest BCUT2D eigenvalue weighted by atomic mass is 32.2. The van der Waals surface area contributed by atoms with Crippen LogP contribution in [0.5, 0.6) is 5.75 Å². The molecule has 224 valence electrons. The van der Waals surface area contributed by atoms with Crippen LogP contribution in [0.2, 0.25) is 0 Å². The Bertz CT molecular complexity index is 1390. The first-order valence-corrected chi connectivity index (χ1v) is 14.3. The van der Waals surface area contributed by atoms with Crippen LogP contribution in [-0.2, 0) is 41.6 Å². The molecule has 12 heteroatoms. The lowest BCUT2D eigenvalue weighted by Gasteiger charge is -2.51. The van der Waals surface area contributed by atoms with E-state index in [1.807, 2.05) is 0 Å². The van der Waals surface area contributed by atoms with Crippen LogP contribution in [0.4, 0.5) is 10.5 Å². The predicted molar refractivity (Wildman–Crippen MR) is 156 cm³/mol. The van der Waals surface area contributed by atoms with Gasteiger partial charge in [0.1, 0.15) is 40.5 Å². The summed E-state index contributed by atoms with van der Waals surface area (Å²) in [7, 11) is 3.08. The van der Waals surface area contributed by atoms with Crippen LogP contribution >= 0.6 is 11.8 Å². The third-order valence-corrected chi connectivity index (χ3v) is 8.09. The number of anilines is 1. The minimum Gasteiger partial charge on any atom is -0.497 e. The number of esters is 1. The molecule has 3 atom stereocenters. The van der Waals surface area contributed by atoms with Gasteiger partial charge in [-0.05, 0) is 62.6 Å². The van der Waals surface area contributed by atoms with E-state index in [4.69, 9.17) is 18.9 Å². The highest BCUT2D eigenvalue weighted by Crippen LogP contribution is 2.44. The molecule has 0 bridgehead atoms. The molecule has 4 rings (SSSR count). The van der Waals surface area contributed by atoms with Gasteiger partial charge in [0.25, 0.3) is 5.91 Å². The van der Waals surface area contributed by atoms with E-state index < -0.39 is 46.3 Å². The van der Waals surface area contributed by atoms with E-state index in [1.165, 1.54) is 23.8 Å². The number of hydrogen-bond acceptors (Lipinski definition) is 9. The molecular formula is C30H35N3O8S. The molecule has 2 aromatic rings. The Morgan fingerprint density at radius 3 is 2.36 bits per heavy atom. The van der Waals surface area contributed by atoms with Gasteiger partial charge in [-0.1, -0.05) is 42.1 Å². The quantitative estimate of drug-likeness (QED) is 0.325. The summed E-state index contributed by atoms with van der Waals surface area (Å²) in [4.78, 5) is 53.1. The van der Waals surface area contributed by atoms with Crippen molar-refractivity contribution in [3.05, 3.63) is 70.9 Å². The first kappa shape index (κ1) is 30.9. The van der Waals surface area contributed by atoms with Gasteiger partial charge < -0.3 is 24.3 Å². The van der Waals surface area contributed by atoms with E-state index in [1.54, 1.807) is 83.3 Å². The van der Waals surface area contributed by atoms with Gasteiger partial charge in [-0.3, -0.25) is 19.8 Å². The van der Waals surface area contributed by atoms with E-state index in [9.17, 15) is 19.2 Å². The largest absolute Gasteiger partial charge is 0.497 e. The molecule has 1 fully saturated rings. The fourth-order valence-corrected chi connectivity index (χ4v) is 5.90. The van der Waals surface area contributed by atoms with Crippen LogP contribution in [0.25, 0.3) is 0 Å². The molecule has 0 aromatic heterocycles. The molecule has 1 saturated heterocycles. The van der Waals surface area contributed by atoms with Gasteiger partial charge in [0, 0.05) is 12.8 Å². The SMILES string of the molecule is COc1ccc(COC(=O)C2=C(C)[C@@H](OC)S[C@H]3[C@@H](NC(=O)Cc4ccccc4NC(=O)OC(C)(C)C)C(=O)N23)cc1. The highest BCUT2D eigenvalue weighted by molar-refractivity contribution is 8.00. The van der Waals surface area contributed by atoms with Gasteiger partial charge >= 0.3 is 12.1 Å². The first-order valence-electron chi connectivity index (χ1n) is 13.3. The number of ether oxygens (including phenoxy) is 4.